The van der Waals surface area contributed by atoms with Crippen LogP contribution in [0.5, 0.6) is 0 Å². The number of likely N-dealkylation sites (N-methyl/N-ethyl adjacent to an activating group) is 1. The number of anilines is 2. The molecule has 35 heavy (non-hydrogen) atoms. The lowest BCUT2D eigenvalue weighted by Crippen LogP contribution is -2.44. The van der Waals surface area contributed by atoms with Crippen LogP contribution in [-0.2, 0) is 0 Å². The molecular weight excluding hydrogens is 436 g/mol. The Bertz CT molecular complexity index is 1440. The molecule has 1 unspecified atom stereocenters. The zero-order valence-electron chi connectivity index (χ0n) is 20.1. The van der Waals surface area contributed by atoms with Crippen LogP contribution in [0.2, 0.25) is 0 Å². The van der Waals surface area contributed by atoms with E-state index in [2.05, 4.69) is 26.8 Å². The minimum atomic E-state index is -0.123. The van der Waals surface area contributed by atoms with Gasteiger partial charge >= 0.3 is 0 Å². The minimum Gasteiger partial charge on any atom is -0.398 e. The fourth-order valence-corrected chi connectivity index (χ4v) is 4.69. The quantitative estimate of drug-likeness (QED) is 0.307. The molecule has 1 saturated heterocycles. The van der Waals surface area contributed by atoms with E-state index >= 15 is 0 Å². The summed E-state index contributed by atoms with van der Waals surface area (Å²) in [5, 5.41) is 9.79. The second-order valence-electron chi connectivity index (χ2n) is 9.28. The first-order valence-corrected chi connectivity index (χ1v) is 11.9. The molecule has 0 spiro atoms. The van der Waals surface area contributed by atoms with Crippen molar-refractivity contribution < 1.29 is 0 Å². The lowest BCUT2D eigenvalue weighted by atomic mass is 9.92. The van der Waals surface area contributed by atoms with Gasteiger partial charge in [-0.15, -0.1) is 0 Å². The number of benzene rings is 2. The summed E-state index contributed by atoms with van der Waals surface area (Å²) >= 11 is 0. The van der Waals surface area contributed by atoms with Crippen LogP contribution in [0.3, 0.4) is 0 Å². The Morgan fingerprint density at radius 2 is 1.80 bits per heavy atom. The molecule has 3 heterocycles. The molecule has 7 heteroatoms. The van der Waals surface area contributed by atoms with E-state index in [1.807, 2.05) is 61.5 Å². The van der Waals surface area contributed by atoms with Crippen molar-refractivity contribution in [2.45, 2.75) is 12.8 Å². The molecule has 0 saturated carbocycles. The molecule has 1 aliphatic heterocycles. The van der Waals surface area contributed by atoms with Crippen LogP contribution in [-0.4, -0.2) is 53.8 Å². The Labute approximate surface area is 204 Å². The smallest absolute Gasteiger partial charge is 0.252 e. The Kier molecular flexibility index (Phi) is 6.09. The normalized spacial score (nSPS) is 15.3. The van der Waals surface area contributed by atoms with Gasteiger partial charge in [-0.1, -0.05) is 37.3 Å². The minimum absolute atomic E-state index is 0.0591. The van der Waals surface area contributed by atoms with Crippen molar-refractivity contribution in [3.8, 4) is 0 Å². The Morgan fingerprint density at radius 3 is 2.54 bits per heavy atom. The first kappa shape index (κ1) is 22.8. The number of nitrogens with zero attached hydrogens (tertiary/aromatic N) is 3. The van der Waals surface area contributed by atoms with Gasteiger partial charge in [0.1, 0.15) is 5.82 Å². The second-order valence-corrected chi connectivity index (χ2v) is 9.28. The monoisotopic (exact) mass is 466 g/mol. The first-order valence-electron chi connectivity index (χ1n) is 11.9. The van der Waals surface area contributed by atoms with Crippen LogP contribution in [0, 0.1) is 5.41 Å². The van der Waals surface area contributed by atoms with E-state index in [-0.39, 0.29) is 11.5 Å². The molecule has 0 aliphatic carbocycles. The predicted octanol–water partition coefficient (Wildman–Crippen LogP) is 3.83. The van der Waals surface area contributed by atoms with Gasteiger partial charge in [-0.25, -0.2) is 4.98 Å². The molecule has 1 aliphatic rings. The molecule has 2 aromatic heterocycles. The van der Waals surface area contributed by atoms with Gasteiger partial charge in [0.25, 0.3) is 5.56 Å². The number of pyridine rings is 2. The molecule has 0 radical (unpaired) electrons. The maximum Gasteiger partial charge on any atom is 0.252 e. The summed E-state index contributed by atoms with van der Waals surface area (Å²) < 4.78 is 0. The maximum atomic E-state index is 12.9. The number of hydrogen-bond acceptors (Lipinski definition) is 6. The van der Waals surface area contributed by atoms with Crippen LogP contribution in [0.15, 0.2) is 71.7 Å². The lowest BCUT2D eigenvalue weighted by molar-refractivity contribution is 0.312. The lowest BCUT2D eigenvalue weighted by Gasteiger charge is -2.33. The van der Waals surface area contributed by atoms with Gasteiger partial charge < -0.3 is 20.5 Å². The summed E-state index contributed by atoms with van der Waals surface area (Å²) in [5.74, 6) is 0.819. The van der Waals surface area contributed by atoms with E-state index in [0.29, 0.717) is 28.0 Å². The van der Waals surface area contributed by atoms with Crippen LogP contribution >= 0.6 is 0 Å². The molecular formula is C28H30N6O. The topological polar surface area (TPSA) is 102 Å². The SMILES string of the molecule is CC(c1ccccc1)c1cc2cc(C(=N)c3ccnc(N4CCN(C)CC4)c3)c(N)cc2[nH]c1=O. The van der Waals surface area contributed by atoms with Gasteiger partial charge in [-0.05, 0) is 48.3 Å². The van der Waals surface area contributed by atoms with Crippen molar-refractivity contribution in [1.82, 2.24) is 14.9 Å². The summed E-state index contributed by atoms with van der Waals surface area (Å²) in [6, 6.07) is 19.4. The molecule has 0 amide bonds. The van der Waals surface area contributed by atoms with Crippen LogP contribution in [0.25, 0.3) is 10.9 Å². The molecule has 0 bridgehead atoms. The average Bonchev–Trinajstić information content (AvgIpc) is 2.88. The summed E-state index contributed by atoms with van der Waals surface area (Å²) in [6.45, 7) is 5.83. The highest BCUT2D eigenvalue weighted by Crippen LogP contribution is 2.27. The van der Waals surface area contributed by atoms with Crippen LogP contribution < -0.4 is 16.2 Å². The van der Waals surface area contributed by atoms with E-state index in [9.17, 15) is 4.79 Å². The van der Waals surface area contributed by atoms with Crippen molar-refractivity contribution in [2.24, 2.45) is 0 Å². The Morgan fingerprint density at radius 1 is 1.06 bits per heavy atom. The average molecular weight is 467 g/mol. The number of aromatic amines is 1. The predicted molar refractivity (Wildman–Crippen MR) is 143 cm³/mol. The molecule has 1 fully saturated rings. The molecule has 2 aromatic carbocycles. The summed E-state index contributed by atoms with van der Waals surface area (Å²) in [7, 11) is 2.12. The molecule has 178 valence electrons. The summed E-state index contributed by atoms with van der Waals surface area (Å²) in [4.78, 5) is 24.9. The molecule has 4 aromatic rings. The Balaban J connectivity index is 1.50. The zero-order chi connectivity index (χ0) is 24.5. The third kappa shape index (κ3) is 4.55. The van der Waals surface area contributed by atoms with E-state index in [4.69, 9.17) is 11.1 Å². The number of rotatable bonds is 5. The van der Waals surface area contributed by atoms with Crippen molar-refractivity contribution in [1.29, 1.82) is 5.41 Å². The van der Waals surface area contributed by atoms with E-state index in [0.717, 1.165) is 48.5 Å². The van der Waals surface area contributed by atoms with Gasteiger partial charge in [0.05, 0.1) is 11.2 Å². The number of nitrogen functional groups attached to an aromatic ring is 1. The highest BCUT2D eigenvalue weighted by molar-refractivity contribution is 6.15. The van der Waals surface area contributed by atoms with Gasteiger partial charge in [0.2, 0.25) is 0 Å². The van der Waals surface area contributed by atoms with Gasteiger partial charge in [-0.3, -0.25) is 10.2 Å². The number of hydrogen-bond donors (Lipinski definition) is 3. The molecule has 4 N–H and O–H groups in total. The van der Waals surface area contributed by atoms with Crippen molar-refractivity contribution in [3.05, 3.63) is 99.5 Å². The van der Waals surface area contributed by atoms with Gasteiger partial charge in [-0.2, -0.15) is 0 Å². The molecule has 5 rings (SSSR count). The van der Waals surface area contributed by atoms with Crippen molar-refractivity contribution in [3.63, 3.8) is 0 Å². The second kappa shape index (κ2) is 9.35. The molecule has 1 atom stereocenters. The number of nitrogens with two attached hydrogens (primary N) is 1. The van der Waals surface area contributed by atoms with Crippen LogP contribution in [0.4, 0.5) is 11.5 Å². The van der Waals surface area contributed by atoms with E-state index in [1.165, 1.54) is 0 Å². The van der Waals surface area contributed by atoms with Gasteiger partial charge in [0.15, 0.2) is 0 Å². The fourth-order valence-electron chi connectivity index (χ4n) is 4.69. The van der Waals surface area contributed by atoms with Crippen molar-refractivity contribution in [2.75, 3.05) is 43.9 Å². The third-order valence-corrected chi connectivity index (χ3v) is 6.94. The highest BCUT2D eigenvalue weighted by atomic mass is 16.1. The van der Waals surface area contributed by atoms with E-state index in [1.54, 1.807) is 12.3 Å². The highest BCUT2D eigenvalue weighted by Gasteiger charge is 2.18. The van der Waals surface area contributed by atoms with Gasteiger partial charge in [0, 0.05) is 60.7 Å². The molecule has 7 nitrogen and oxygen atoms in total. The summed E-state index contributed by atoms with van der Waals surface area (Å²) in [6.07, 6.45) is 1.76. The number of piperazine rings is 1. The Hall–Kier alpha value is -3.97. The summed E-state index contributed by atoms with van der Waals surface area (Å²) in [5.41, 5.74) is 10.9. The third-order valence-electron chi connectivity index (χ3n) is 6.94. The fraction of sp³-hybridized carbons (Fsp3) is 0.250. The first-order chi connectivity index (χ1) is 16.9. The standard InChI is InChI=1S/C28H30N6O/c1-18(19-6-4-3-5-7-19)22-14-21-15-23(24(29)17-25(21)32-28(22)35)27(30)20-8-9-31-26(16-20)34-12-10-33(2)11-13-34/h3-9,14-18,30H,10-13,29H2,1-2H3,(H,32,35). The number of nitrogens with one attached hydrogen (secondary N) is 2. The van der Waals surface area contributed by atoms with E-state index < -0.39 is 0 Å². The number of fused-ring (bicyclic) bond motifs is 1. The zero-order valence-corrected chi connectivity index (χ0v) is 20.1. The maximum absolute atomic E-state index is 12.9. The number of H-pyrrole nitrogens is 1. The van der Waals surface area contributed by atoms with Crippen molar-refractivity contribution >= 4 is 28.1 Å². The number of aromatic nitrogens is 2. The largest absolute Gasteiger partial charge is 0.398 e. The van der Waals surface area contributed by atoms with Crippen LogP contribution in [0.1, 0.15) is 35.1 Å².